The maximum Gasteiger partial charge on any atom is 0.388 e. The zero-order chi connectivity index (χ0) is 27.2. The Hall–Kier alpha value is -4.09. The van der Waals surface area contributed by atoms with Crippen molar-refractivity contribution in [3.05, 3.63) is 60.0 Å². The van der Waals surface area contributed by atoms with E-state index >= 15 is 0 Å². The fourth-order valence-corrected chi connectivity index (χ4v) is 4.56. The van der Waals surface area contributed by atoms with Crippen molar-refractivity contribution in [2.24, 2.45) is 0 Å². The van der Waals surface area contributed by atoms with Crippen molar-refractivity contribution in [3.63, 3.8) is 0 Å². The standard InChI is InChI=1S/C26H31F2N7O3/c1-17(2)20-6-4-5-7-22(20)35(26(37)32-21-9-8-18(3)31-24(21)38-25(27)28)19-10-14-33(15-11-19)23(36)16-34-29-12-13-30-34/h4-9,12-13,17,19,25H,10-11,14-16H2,1-3H3,(H,32,37). The fraction of sp³-hybridized carbons (Fsp3) is 0.423. The first-order valence-corrected chi connectivity index (χ1v) is 12.5. The van der Waals surface area contributed by atoms with Gasteiger partial charge in [0.15, 0.2) is 0 Å². The maximum absolute atomic E-state index is 13.8. The number of anilines is 2. The second-order valence-electron chi connectivity index (χ2n) is 9.37. The SMILES string of the molecule is Cc1ccc(NC(=O)N(c2ccccc2C(C)C)C2CCN(C(=O)Cn3nccn3)CC2)c(OC(F)F)n1. The first kappa shape index (κ1) is 27.0. The number of likely N-dealkylation sites (tertiary alicyclic amines) is 1. The van der Waals surface area contributed by atoms with Gasteiger partial charge in [0.1, 0.15) is 12.2 Å². The number of hydrogen-bond donors (Lipinski definition) is 1. The summed E-state index contributed by atoms with van der Waals surface area (Å²) in [7, 11) is 0. The molecule has 2 aromatic heterocycles. The molecule has 10 nitrogen and oxygen atoms in total. The van der Waals surface area contributed by atoms with Gasteiger partial charge in [-0.15, -0.1) is 0 Å². The third kappa shape index (κ3) is 6.42. The first-order chi connectivity index (χ1) is 18.2. The van der Waals surface area contributed by atoms with Gasteiger partial charge < -0.3 is 15.0 Å². The van der Waals surface area contributed by atoms with E-state index in [4.69, 9.17) is 0 Å². The van der Waals surface area contributed by atoms with Gasteiger partial charge in [-0.3, -0.25) is 9.69 Å². The second-order valence-corrected chi connectivity index (χ2v) is 9.37. The maximum atomic E-state index is 13.8. The number of benzene rings is 1. The quantitative estimate of drug-likeness (QED) is 0.465. The van der Waals surface area contributed by atoms with Crippen molar-refractivity contribution >= 4 is 23.3 Å². The highest BCUT2D eigenvalue weighted by Crippen LogP contribution is 2.33. The van der Waals surface area contributed by atoms with Crippen molar-refractivity contribution in [3.8, 4) is 5.88 Å². The van der Waals surface area contributed by atoms with Gasteiger partial charge in [-0.2, -0.15) is 23.8 Å². The van der Waals surface area contributed by atoms with Gasteiger partial charge in [0, 0.05) is 30.5 Å². The van der Waals surface area contributed by atoms with Crippen LogP contribution >= 0.6 is 0 Å². The van der Waals surface area contributed by atoms with Crippen molar-refractivity contribution in [2.45, 2.75) is 58.7 Å². The summed E-state index contributed by atoms with van der Waals surface area (Å²) in [4.78, 5) is 35.3. The van der Waals surface area contributed by atoms with Crippen LogP contribution in [0.4, 0.5) is 25.0 Å². The molecule has 3 aromatic rings. The van der Waals surface area contributed by atoms with E-state index in [-0.39, 0.29) is 36.0 Å². The van der Waals surface area contributed by atoms with Crippen LogP contribution in [0.15, 0.2) is 48.8 Å². The average molecular weight is 528 g/mol. The van der Waals surface area contributed by atoms with E-state index in [1.165, 1.54) is 23.3 Å². The van der Waals surface area contributed by atoms with Gasteiger partial charge in [-0.05, 0) is 49.4 Å². The van der Waals surface area contributed by atoms with Crippen LogP contribution in [0.3, 0.4) is 0 Å². The number of carbonyl (C=O) groups excluding carboxylic acids is 2. The minimum Gasteiger partial charge on any atom is -0.415 e. The number of carbonyl (C=O) groups is 2. The number of aryl methyl sites for hydroxylation is 1. The number of alkyl halides is 2. The van der Waals surface area contributed by atoms with E-state index < -0.39 is 12.6 Å². The Kier molecular flexibility index (Phi) is 8.49. The van der Waals surface area contributed by atoms with Gasteiger partial charge in [-0.25, -0.2) is 9.78 Å². The molecule has 1 N–H and O–H groups in total. The smallest absolute Gasteiger partial charge is 0.388 e. The summed E-state index contributed by atoms with van der Waals surface area (Å²) in [6.45, 7) is 3.58. The lowest BCUT2D eigenvalue weighted by Gasteiger charge is -2.39. The number of urea groups is 1. The van der Waals surface area contributed by atoms with Crippen molar-refractivity contribution in [2.75, 3.05) is 23.3 Å². The lowest BCUT2D eigenvalue weighted by atomic mass is 9.97. The summed E-state index contributed by atoms with van der Waals surface area (Å²) >= 11 is 0. The highest BCUT2D eigenvalue weighted by molar-refractivity contribution is 6.03. The minimum atomic E-state index is -3.09. The molecule has 1 aliphatic rings. The minimum absolute atomic E-state index is 0.0470. The third-order valence-electron chi connectivity index (χ3n) is 6.40. The molecule has 38 heavy (non-hydrogen) atoms. The van der Waals surface area contributed by atoms with E-state index in [1.54, 1.807) is 22.8 Å². The molecule has 3 amide bonds. The summed E-state index contributed by atoms with van der Waals surface area (Å²) in [6, 6.07) is 9.99. The number of halogens is 2. The van der Waals surface area contributed by atoms with Gasteiger partial charge in [0.25, 0.3) is 0 Å². The molecule has 12 heteroatoms. The number of nitrogens with zero attached hydrogens (tertiary/aromatic N) is 6. The van der Waals surface area contributed by atoms with Crippen LogP contribution in [0.1, 0.15) is 43.9 Å². The van der Waals surface area contributed by atoms with E-state index in [2.05, 4.69) is 25.2 Å². The number of aromatic nitrogens is 4. The lowest BCUT2D eigenvalue weighted by Crippen LogP contribution is -2.51. The zero-order valence-electron chi connectivity index (χ0n) is 21.6. The van der Waals surface area contributed by atoms with Gasteiger partial charge in [-0.1, -0.05) is 32.0 Å². The molecule has 0 saturated carbocycles. The number of piperidine rings is 1. The molecule has 0 radical (unpaired) electrons. The normalized spacial score (nSPS) is 14.1. The average Bonchev–Trinajstić information content (AvgIpc) is 3.39. The summed E-state index contributed by atoms with van der Waals surface area (Å²) in [5, 5.41) is 10.7. The Labute approximate surface area is 219 Å². The van der Waals surface area contributed by atoms with Crippen LogP contribution in [0, 0.1) is 6.92 Å². The summed E-state index contributed by atoms with van der Waals surface area (Å²) in [5.41, 5.74) is 2.22. The molecule has 1 aromatic carbocycles. The molecule has 1 aliphatic heterocycles. The molecule has 4 rings (SSSR count). The van der Waals surface area contributed by atoms with Gasteiger partial charge >= 0.3 is 12.6 Å². The van der Waals surface area contributed by atoms with E-state index in [9.17, 15) is 18.4 Å². The Morgan fingerprint density at radius 3 is 2.45 bits per heavy atom. The number of nitrogens with one attached hydrogen (secondary N) is 1. The van der Waals surface area contributed by atoms with Crippen LogP contribution in [0.25, 0.3) is 0 Å². The Balaban J connectivity index is 1.58. The van der Waals surface area contributed by atoms with Crippen LogP contribution in [-0.4, -0.2) is 62.6 Å². The molecule has 0 atom stereocenters. The van der Waals surface area contributed by atoms with Crippen LogP contribution in [-0.2, 0) is 11.3 Å². The first-order valence-electron chi connectivity index (χ1n) is 12.5. The van der Waals surface area contributed by atoms with Crippen LogP contribution < -0.4 is 15.0 Å². The highest BCUT2D eigenvalue weighted by atomic mass is 19.3. The van der Waals surface area contributed by atoms with Crippen molar-refractivity contribution in [1.82, 2.24) is 24.9 Å². The Bertz CT molecular complexity index is 1250. The fourth-order valence-electron chi connectivity index (χ4n) is 4.56. The molecule has 3 heterocycles. The molecule has 0 spiro atoms. The number of ether oxygens (including phenoxy) is 1. The number of para-hydroxylation sites is 1. The summed E-state index contributed by atoms with van der Waals surface area (Å²) in [5.74, 6) is -0.320. The zero-order valence-corrected chi connectivity index (χ0v) is 21.6. The van der Waals surface area contributed by atoms with Crippen molar-refractivity contribution < 1.29 is 23.1 Å². The topological polar surface area (TPSA) is 105 Å². The molecule has 1 fully saturated rings. The van der Waals surface area contributed by atoms with Crippen LogP contribution in [0.2, 0.25) is 0 Å². The van der Waals surface area contributed by atoms with Gasteiger partial charge in [0.2, 0.25) is 11.8 Å². The van der Waals surface area contributed by atoms with Crippen LogP contribution in [0.5, 0.6) is 5.88 Å². The molecular formula is C26H31F2N7O3. The summed E-state index contributed by atoms with van der Waals surface area (Å²) in [6.07, 6.45) is 4.10. The predicted octanol–water partition coefficient (Wildman–Crippen LogP) is 4.44. The largest absolute Gasteiger partial charge is 0.415 e. The molecule has 0 unspecified atom stereocenters. The molecule has 202 valence electrons. The third-order valence-corrected chi connectivity index (χ3v) is 6.40. The number of pyridine rings is 1. The van der Waals surface area contributed by atoms with E-state index in [0.29, 0.717) is 31.6 Å². The van der Waals surface area contributed by atoms with E-state index in [1.807, 2.05) is 38.1 Å². The molecule has 1 saturated heterocycles. The monoisotopic (exact) mass is 527 g/mol. The van der Waals surface area contributed by atoms with Crippen molar-refractivity contribution in [1.29, 1.82) is 0 Å². The highest BCUT2D eigenvalue weighted by Gasteiger charge is 2.33. The van der Waals surface area contributed by atoms with Gasteiger partial charge in [0.05, 0.1) is 12.4 Å². The number of rotatable bonds is 8. The predicted molar refractivity (Wildman–Crippen MR) is 137 cm³/mol. The molecule has 0 aliphatic carbocycles. The summed E-state index contributed by atoms with van der Waals surface area (Å²) < 4.78 is 30.6. The number of hydrogen-bond acceptors (Lipinski definition) is 6. The Morgan fingerprint density at radius 1 is 1.11 bits per heavy atom. The second kappa shape index (κ2) is 12.0. The molecule has 0 bridgehead atoms. The molecular weight excluding hydrogens is 496 g/mol. The Morgan fingerprint density at radius 2 is 1.79 bits per heavy atom. The lowest BCUT2D eigenvalue weighted by molar-refractivity contribution is -0.133. The number of amides is 3. The van der Waals surface area contributed by atoms with E-state index in [0.717, 1.165) is 11.3 Å².